The van der Waals surface area contributed by atoms with Crippen molar-refractivity contribution in [2.24, 2.45) is 0 Å². The molecule has 1 amide bonds. The summed E-state index contributed by atoms with van der Waals surface area (Å²) in [6, 6.07) is 8.96. The van der Waals surface area contributed by atoms with E-state index in [2.05, 4.69) is 50.4 Å². The number of nitrogens with zero attached hydrogens (tertiary/aromatic N) is 1. The first-order valence-electron chi connectivity index (χ1n) is 7.72. The molecule has 1 N–H and O–H groups in total. The lowest BCUT2D eigenvalue weighted by Gasteiger charge is -2.33. The Morgan fingerprint density at radius 1 is 1.25 bits per heavy atom. The second kappa shape index (κ2) is 6.89. The standard InChI is InChI=1S/C17H26N2O/c1-4-14-7-9-15(10-8-14)12-19-11-5-6-16(17(19)20)18-13(2)3/h7-10,13,16,18H,4-6,11-12H2,1-3H3. The summed E-state index contributed by atoms with van der Waals surface area (Å²) in [6.45, 7) is 7.96. The van der Waals surface area contributed by atoms with Crippen LogP contribution in [0, 0.1) is 0 Å². The highest BCUT2D eigenvalue weighted by molar-refractivity contribution is 5.82. The molecule has 0 aliphatic carbocycles. The largest absolute Gasteiger partial charge is 0.337 e. The van der Waals surface area contributed by atoms with Crippen LogP contribution >= 0.6 is 0 Å². The molecule has 3 nitrogen and oxygen atoms in total. The molecule has 0 aromatic heterocycles. The molecule has 110 valence electrons. The number of aryl methyl sites for hydroxylation is 1. The van der Waals surface area contributed by atoms with Crippen molar-refractivity contribution in [2.45, 2.75) is 58.7 Å². The Bertz CT molecular complexity index is 439. The lowest BCUT2D eigenvalue weighted by molar-refractivity contribution is -0.136. The van der Waals surface area contributed by atoms with Gasteiger partial charge in [0.25, 0.3) is 0 Å². The Balaban J connectivity index is 1.98. The van der Waals surface area contributed by atoms with Crippen molar-refractivity contribution in [3.63, 3.8) is 0 Å². The molecule has 1 heterocycles. The van der Waals surface area contributed by atoms with Gasteiger partial charge < -0.3 is 10.2 Å². The van der Waals surface area contributed by atoms with Crippen LogP contribution in [0.4, 0.5) is 0 Å². The first-order chi connectivity index (χ1) is 9.60. The molecule has 3 heteroatoms. The van der Waals surface area contributed by atoms with Crippen molar-refractivity contribution in [1.29, 1.82) is 0 Å². The van der Waals surface area contributed by atoms with Gasteiger partial charge in [-0.05, 0) is 30.4 Å². The van der Waals surface area contributed by atoms with Crippen LogP contribution in [-0.4, -0.2) is 29.4 Å². The fraction of sp³-hybridized carbons (Fsp3) is 0.588. The number of rotatable bonds is 5. The summed E-state index contributed by atoms with van der Waals surface area (Å²) in [6.07, 6.45) is 3.11. The van der Waals surface area contributed by atoms with Crippen LogP contribution in [-0.2, 0) is 17.8 Å². The number of likely N-dealkylation sites (tertiary alicyclic amines) is 1. The summed E-state index contributed by atoms with van der Waals surface area (Å²) >= 11 is 0. The summed E-state index contributed by atoms with van der Waals surface area (Å²) in [5.74, 6) is 0.254. The van der Waals surface area contributed by atoms with E-state index in [4.69, 9.17) is 0 Å². The van der Waals surface area contributed by atoms with Crippen LogP contribution in [0.3, 0.4) is 0 Å². The van der Waals surface area contributed by atoms with Gasteiger partial charge >= 0.3 is 0 Å². The summed E-state index contributed by atoms with van der Waals surface area (Å²) in [7, 11) is 0. The first-order valence-corrected chi connectivity index (χ1v) is 7.72. The van der Waals surface area contributed by atoms with Crippen molar-refractivity contribution in [1.82, 2.24) is 10.2 Å². The highest BCUT2D eigenvalue weighted by Gasteiger charge is 2.28. The Morgan fingerprint density at radius 3 is 2.50 bits per heavy atom. The third-order valence-corrected chi connectivity index (χ3v) is 3.87. The quantitative estimate of drug-likeness (QED) is 0.895. The molecule has 0 spiro atoms. The van der Waals surface area contributed by atoms with Crippen LogP contribution in [0.2, 0.25) is 0 Å². The van der Waals surface area contributed by atoms with Gasteiger partial charge in [-0.25, -0.2) is 0 Å². The van der Waals surface area contributed by atoms with Crippen LogP contribution in [0.5, 0.6) is 0 Å². The third kappa shape index (κ3) is 3.83. The fourth-order valence-corrected chi connectivity index (χ4v) is 2.76. The number of nitrogens with one attached hydrogen (secondary N) is 1. The molecule has 2 rings (SSSR count). The summed E-state index contributed by atoms with van der Waals surface area (Å²) in [5, 5.41) is 3.37. The van der Waals surface area contributed by atoms with Gasteiger partial charge in [-0.1, -0.05) is 45.0 Å². The van der Waals surface area contributed by atoms with Gasteiger partial charge in [0.15, 0.2) is 0 Å². The van der Waals surface area contributed by atoms with E-state index in [0.29, 0.717) is 6.04 Å². The number of piperidine rings is 1. The molecule has 1 atom stereocenters. The molecule has 1 fully saturated rings. The molecule has 1 saturated heterocycles. The summed E-state index contributed by atoms with van der Waals surface area (Å²) in [5.41, 5.74) is 2.57. The maximum atomic E-state index is 12.5. The van der Waals surface area contributed by atoms with E-state index in [9.17, 15) is 4.79 Å². The maximum absolute atomic E-state index is 12.5. The van der Waals surface area contributed by atoms with Gasteiger partial charge in [-0.3, -0.25) is 4.79 Å². The highest BCUT2D eigenvalue weighted by Crippen LogP contribution is 2.16. The van der Waals surface area contributed by atoms with E-state index in [1.807, 2.05) is 4.90 Å². The number of carbonyl (C=O) groups excluding carboxylic acids is 1. The smallest absolute Gasteiger partial charge is 0.240 e. The average Bonchev–Trinajstić information content (AvgIpc) is 2.43. The SMILES string of the molecule is CCc1ccc(CN2CCCC(NC(C)C)C2=O)cc1. The van der Waals surface area contributed by atoms with Gasteiger partial charge in [-0.15, -0.1) is 0 Å². The Labute approximate surface area is 122 Å². The van der Waals surface area contributed by atoms with E-state index in [0.717, 1.165) is 32.4 Å². The number of hydrogen-bond donors (Lipinski definition) is 1. The third-order valence-electron chi connectivity index (χ3n) is 3.87. The molecule has 1 aliphatic rings. The second-order valence-corrected chi connectivity index (χ2v) is 5.95. The average molecular weight is 274 g/mol. The minimum atomic E-state index is -0.00124. The highest BCUT2D eigenvalue weighted by atomic mass is 16.2. The normalized spacial score (nSPS) is 19.7. The van der Waals surface area contributed by atoms with Crippen LogP contribution < -0.4 is 5.32 Å². The van der Waals surface area contributed by atoms with Crippen LogP contribution in [0.1, 0.15) is 44.7 Å². The number of amides is 1. The lowest BCUT2D eigenvalue weighted by atomic mass is 10.0. The maximum Gasteiger partial charge on any atom is 0.240 e. The number of carbonyl (C=O) groups is 1. The van der Waals surface area contributed by atoms with Gasteiger partial charge in [0.1, 0.15) is 0 Å². The molecule has 1 unspecified atom stereocenters. The summed E-state index contributed by atoms with van der Waals surface area (Å²) < 4.78 is 0. The van der Waals surface area contributed by atoms with Gasteiger partial charge in [0.05, 0.1) is 6.04 Å². The molecule has 0 saturated carbocycles. The minimum absolute atomic E-state index is 0.00124. The Kier molecular flexibility index (Phi) is 5.18. The zero-order valence-electron chi connectivity index (χ0n) is 12.9. The van der Waals surface area contributed by atoms with Crippen molar-refractivity contribution >= 4 is 5.91 Å². The minimum Gasteiger partial charge on any atom is -0.337 e. The second-order valence-electron chi connectivity index (χ2n) is 5.95. The van der Waals surface area contributed by atoms with E-state index in [1.165, 1.54) is 11.1 Å². The summed E-state index contributed by atoms with van der Waals surface area (Å²) in [4.78, 5) is 14.4. The zero-order valence-corrected chi connectivity index (χ0v) is 12.9. The Hall–Kier alpha value is -1.35. The van der Waals surface area contributed by atoms with E-state index >= 15 is 0 Å². The molecule has 1 aliphatic heterocycles. The van der Waals surface area contributed by atoms with Gasteiger partial charge in [0, 0.05) is 19.1 Å². The van der Waals surface area contributed by atoms with Crippen LogP contribution in [0.25, 0.3) is 0 Å². The van der Waals surface area contributed by atoms with E-state index in [1.54, 1.807) is 0 Å². The van der Waals surface area contributed by atoms with E-state index in [-0.39, 0.29) is 11.9 Å². The zero-order chi connectivity index (χ0) is 14.5. The predicted molar refractivity (Wildman–Crippen MR) is 82.5 cm³/mol. The van der Waals surface area contributed by atoms with Gasteiger partial charge in [0.2, 0.25) is 5.91 Å². The number of hydrogen-bond acceptors (Lipinski definition) is 2. The lowest BCUT2D eigenvalue weighted by Crippen LogP contribution is -2.51. The Morgan fingerprint density at radius 2 is 1.90 bits per heavy atom. The predicted octanol–water partition coefficient (Wildman–Crippen LogP) is 2.74. The van der Waals surface area contributed by atoms with Crippen molar-refractivity contribution in [3.8, 4) is 0 Å². The molecule has 0 radical (unpaired) electrons. The van der Waals surface area contributed by atoms with Gasteiger partial charge in [-0.2, -0.15) is 0 Å². The molecule has 0 bridgehead atoms. The first kappa shape index (κ1) is 15.0. The van der Waals surface area contributed by atoms with Crippen LogP contribution in [0.15, 0.2) is 24.3 Å². The van der Waals surface area contributed by atoms with Crippen molar-refractivity contribution < 1.29 is 4.79 Å². The molecule has 1 aromatic rings. The van der Waals surface area contributed by atoms with Crippen molar-refractivity contribution in [2.75, 3.05) is 6.54 Å². The molecule has 1 aromatic carbocycles. The number of benzene rings is 1. The fourth-order valence-electron chi connectivity index (χ4n) is 2.76. The molecule has 20 heavy (non-hydrogen) atoms. The monoisotopic (exact) mass is 274 g/mol. The molecular formula is C17H26N2O. The van der Waals surface area contributed by atoms with E-state index < -0.39 is 0 Å². The topological polar surface area (TPSA) is 32.3 Å². The van der Waals surface area contributed by atoms with Crippen molar-refractivity contribution in [3.05, 3.63) is 35.4 Å². The molecular weight excluding hydrogens is 248 g/mol.